The van der Waals surface area contributed by atoms with E-state index in [2.05, 4.69) is 16.4 Å². The molecule has 0 aliphatic heterocycles. The van der Waals surface area contributed by atoms with Crippen molar-refractivity contribution in [3.63, 3.8) is 0 Å². The lowest BCUT2D eigenvalue weighted by molar-refractivity contribution is 1.01. The van der Waals surface area contributed by atoms with Gasteiger partial charge in [0.05, 0.1) is 0 Å². The van der Waals surface area contributed by atoms with Crippen molar-refractivity contribution in [3.8, 4) is 0 Å². The Labute approximate surface area is 95.3 Å². The van der Waals surface area contributed by atoms with E-state index in [1.807, 2.05) is 36.5 Å². The molecule has 1 heterocycles. The van der Waals surface area contributed by atoms with Gasteiger partial charge in [0.25, 0.3) is 0 Å². The highest BCUT2D eigenvalue weighted by atomic mass is 14.9. The third kappa shape index (κ3) is 2.98. The van der Waals surface area contributed by atoms with Gasteiger partial charge in [-0.3, -0.25) is 4.98 Å². The molecule has 0 saturated heterocycles. The Hall–Kier alpha value is -2.03. The molecule has 0 unspecified atom stereocenters. The van der Waals surface area contributed by atoms with E-state index in [9.17, 15) is 0 Å². The summed E-state index contributed by atoms with van der Waals surface area (Å²) in [6.07, 6.45) is 4.65. The van der Waals surface area contributed by atoms with E-state index in [0.717, 1.165) is 24.3 Å². The zero-order valence-electron chi connectivity index (χ0n) is 9.06. The zero-order chi connectivity index (χ0) is 11.2. The van der Waals surface area contributed by atoms with Crippen molar-refractivity contribution in [2.75, 3.05) is 17.6 Å². The molecule has 0 atom stereocenters. The Kier molecular flexibility index (Phi) is 3.38. The van der Waals surface area contributed by atoms with Crippen LogP contribution in [0.25, 0.3) is 0 Å². The van der Waals surface area contributed by atoms with Crippen LogP contribution in [0.3, 0.4) is 0 Å². The van der Waals surface area contributed by atoms with E-state index in [1.165, 1.54) is 5.56 Å². The highest BCUT2D eigenvalue weighted by Gasteiger charge is 1.93. The van der Waals surface area contributed by atoms with E-state index in [4.69, 9.17) is 5.73 Å². The van der Waals surface area contributed by atoms with Gasteiger partial charge in [0.1, 0.15) is 0 Å². The van der Waals surface area contributed by atoms with Crippen LogP contribution in [0.15, 0.2) is 48.8 Å². The molecule has 3 nitrogen and oxygen atoms in total. The molecular formula is C13H15N3. The minimum Gasteiger partial charge on any atom is -0.399 e. The minimum atomic E-state index is 0.790. The van der Waals surface area contributed by atoms with Crippen molar-refractivity contribution in [3.05, 3.63) is 54.4 Å². The summed E-state index contributed by atoms with van der Waals surface area (Å²) in [6.45, 7) is 0.898. The van der Waals surface area contributed by atoms with E-state index in [0.29, 0.717) is 0 Å². The average molecular weight is 213 g/mol. The molecular weight excluding hydrogens is 198 g/mol. The summed E-state index contributed by atoms with van der Waals surface area (Å²) in [5, 5.41) is 3.34. The first-order valence-corrected chi connectivity index (χ1v) is 5.33. The first-order chi connectivity index (χ1) is 7.84. The standard InChI is InChI=1S/C13H15N3/c14-12-3-5-13(6-4-12)16-9-7-11-2-1-8-15-10-11/h1-6,8,10,16H,7,9,14H2. The summed E-state index contributed by atoms with van der Waals surface area (Å²) < 4.78 is 0. The fraction of sp³-hybridized carbons (Fsp3) is 0.154. The summed E-state index contributed by atoms with van der Waals surface area (Å²) in [5.41, 5.74) is 8.74. The molecule has 2 aromatic rings. The third-order valence-electron chi connectivity index (χ3n) is 2.38. The van der Waals surface area contributed by atoms with Gasteiger partial charge in [-0.05, 0) is 42.3 Å². The number of nitrogen functional groups attached to an aromatic ring is 1. The quantitative estimate of drug-likeness (QED) is 0.766. The molecule has 16 heavy (non-hydrogen) atoms. The molecule has 0 radical (unpaired) electrons. The van der Waals surface area contributed by atoms with Crippen molar-refractivity contribution >= 4 is 11.4 Å². The number of pyridine rings is 1. The number of nitrogens with zero attached hydrogens (tertiary/aromatic N) is 1. The molecule has 0 saturated carbocycles. The van der Waals surface area contributed by atoms with Crippen LogP contribution in [0.2, 0.25) is 0 Å². The molecule has 3 N–H and O–H groups in total. The molecule has 82 valence electrons. The number of aromatic nitrogens is 1. The largest absolute Gasteiger partial charge is 0.399 e. The van der Waals surface area contributed by atoms with Gasteiger partial charge in [-0.1, -0.05) is 6.07 Å². The maximum atomic E-state index is 5.61. The normalized spacial score (nSPS) is 10.0. The van der Waals surface area contributed by atoms with Crippen molar-refractivity contribution in [1.29, 1.82) is 0 Å². The van der Waals surface area contributed by atoms with Crippen molar-refractivity contribution in [1.82, 2.24) is 4.98 Å². The Bertz CT molecular complexity index is 423. The van der Waals surface area contributed by atoms with Crippen LogP contribution in [0, 0.1) is 0 Å². The van der Waals surface area contributed by atoms with Gasteiger partial charge in [0, 0.05) is 30.3 Å². The number of rotatable bonds is 4. The molecule has 0 spiro atoms. The first kappa shape index (κ1) is 10.5. The van der Waals surface area contributed by atoms with Crippen molar-refractivity contribution in [2.24, 2.45) is 0 Å². The Morgan fingerprint density at radius 2 is 1.94 bits per heavy atom. The van der Waals surface area contributed by atoms with Gasteiger partial charge in [-0.25, -0.2) is 0 Å². The highest BCUT2D eigenvalue weighted by molar-refractivity contribution is 5.51. The lowest BCUT2D eigenvalue weighted by atomic mass is 10.2. The molecule has 0 amide bonds. The predicted octanol–water partition coefficient (Wildman–Crippen LogP) is 2.32. The maximum absolute atomic E-state index is 5.61. The topological polar surface area (TPSA) is 50.9 Å². The fourth-order valence-electron chi connectivity index (χ4n) is 1.50. The van der Waals surface area contributed by atoms with Crippen LogP contribution in [-0.4, -0.2) is 11.5 Å². The van der Waals surface area contributed by atoms with Crippen LogP contribution in [0.4, 0.5) is 11.4 Å². The van der Waals surface area contributed by atoms with Crippen LogP contribution < -0.4 is 11.1 Å². The van der Waals surface area contributed by atoms with Crippen LogP contribution in [0.5, 0.6) is 0 Å². The number of hydrogen-bond acceptors (Lipinski definition) is 3. The van der Waals surface area contributed by atoms with Gasteiger partial charge in [-0.15, -0.1) is 0 Å². The molecule has 0 fully saturated rings. The fourth-order valence-corrected chi connectivity index (χ4v) is 1.50. The summed E-state index contributed by atoms with van der Waals surface area (Å²) >= 11 is 0. The minimum absolute atomic E-state index is 0.790. The first-order valence-electron chi connectivity index (χ1n) is 5.33. The number of nitrogens with one attached hydrogen (secondary N) is 1. The lowest BCUT2D eigenvalue weighted by Crippen LogP contribution is -2.04. The van der Waals surface area contributed by atoms with Gasteiger partial charge < -0.3 is 11.1 Å². The number of anilines is 2. The van der Waals surface area contributed by atoms with E-state index in [1.54, 1.807) is 6.20 Å². The SMILES string of the molecule is Nc1ccc(NCCc2cccnc2)cc1. The summed E-state index contributed by atoms with van der Waals surface area (Å²) in [4.78, 5) is 4.08. The predicted molar refractivity (Wildman–Crippen MR) is 67.3 cm³/mol. The smallest absolute Gasteiger partial charge is 0.0341 e. The zero-order valence-corrected chi connectivity index (χ0v) is 9.06. The average Bonchev–Trinajstić information content (AvgIpc) is 2.33. The summed E-state index contributed by atoms with van der Waals surface area (Å²) in [6, 6.07) is 11.8. The van der Waals surface area contributed by atoms with Gasteiger partial charge in [0.15, 0.2) is 0 Å². The molecule has 0 bridgehead atoms. The summed E-state index contributed by atoms with van der Waals surface area (Å²) in [7, 11) is 0. The molecule has 1 aromatic carbocycles. The monoisotopic (exact) mass is 213 g/mol. The molecule has 3 heteroatoms. The number of hydrogen-bond donors (Lipinski definition) is 2. The second-order valence-electron chi connectivity index (χ2n) is 3.66. The second-order valence-corrected chi connectivity index (χ2v) is 3.66. The molecule has 1 aromatic heterocycles. The van der Waals surface area contributed by atoms with Crippen molar-refractivity contribution in [2.45, 2.75) is 6.42 Å². The van der Waals surface area contributed by atoms with Crippen molar-refractivity contribution < 1.29 is 0 Å². The van der Waals surface area contributed by atoms with Crippen LogP contribution >= 0.6 is 0 Å². The molecule has 2 rings (SSSR count). The number of nitrogens with two attached hydrogens (primary N) is 1. The Morgan fingerprint density at radius 1 is 1.12 bits per heavy atom. The van der Waals surface area contributed by atoms with E-state index in [-0.39, 0.29) is 0 Å². The molecule has 0 aliphatic rings. The van der Waals surface area contributed by atoms with E-state index < -0.39 is 0 Å². The lowest BCUT2D eigenvalue weighted by Gasteiger charge is -2.06. The van der Waals surface area contributed by atoms with Crippen LogP contribution in [-0.2, 0) is 6.42 Å². The number of benzene rings is 1. The van der Waals surface area contributed by atoms with Crippen LogP contribution in [0.1, 0.15) is 5.56 Å². The Balaban J connectivity index is 1.82. The van der Waals surface area contributed by atoms with E-state index >= 15 is 0 Å². The maximum Gasteiger partial charge on any atom is 0.0341 e. The molecule has 0 aliphatic carbocycles. The second kappa shape index (κ2) is 5.16. The summed E-state index contributed by atoms with van der Waals surface area (Å²) in [5.74, 6) is 0. The third-order valence-corrected chi connectivity index (χ3v) is 2.38. The van der Waals surface area contributed by atoms with Gasteiger partial charge in [0.2, 0.25) is 0 Å². The van der Waals surface area contributed by atoms with Gasteiger partial charge in [-0.2, -0.15) is 0 Å². The Morgan fingerprint density at radius 3 is 2.62 bits per heavy atom. The van der Waals surface area contributed by atoms with Gasteiger partial charge >= 0.3 is 0 Å². The highest BCUT2D eigenvalue weighted by Crippen LogP contribution is 2.10.